The van der Waals surface area contributed by atoms with Gasteiger partial charge in [0.2, 0.25) is 6.35 Å². The summed E-state index contributed by atoms with van der Waals surface area (Å²) in [5.74, 6) is -0.0828. The number of benzene rings is 3. The van der Waals surface area contributed by atoms with Gasteiger partial charge in [0.05, 0.1) is 33.8 Å². The Morgan fingerprint density at radius 2 is 1.76 bits per heavy atom. The van der Waals surface area contributed by atoms with Gasteiger partial charge in [-0.1, -0.05) is 12.1 Å². The first-order chi connectivity index (χ1) is 19.9. The van der Waals surface area contributed by atoms with Crippen LogP contribution in [-0.2, 0) is 10.9 Å². The maximum atomic E-state index is 13.8. The van der Waals surface area contributed by atoms with Gasteiger partial charge < -0.3 is 14.4 Å². The lowest BCUT2D eigenvalue weighted by atomic mass is 9.93. The molecular weight excluding hydrogens is 575 g/mol. The predicted octanol–water partition coefficient (Wildman–Crippen LogP) is 6.56. The topological polar surface area (TPSA) is 133 Å². The van der Waals surface area contributed by atoms with E-state index in [0.29, 0.717) is 5.56 Å². The first-order valence-electron chi connectivity index (χ1n) is 12.0. The van der Waals surface area contributed by atoms with Crippen molar-refractivity contribution in [2.75, 3.05) is 12.0 Å². The zero-order valence-corrected chi connectivity index (χ0v) is 22.8. The third kappa shape index (κ3) is 5.72. The van der Waals surface area contributed by atoms with E-state index in [1.54, 1.807) is 0 Å². The van der Waals surface area contributed by atoms with Crippen molar-refractivity contribution in [1.29, 1.82) is 10.5 Å². The third-order valence-electron chi connectivity index (χ3n) is 6.46. The molecule has 2 atom stereocenters. The maximum absolute atomic E-state index is 13.8. The molecule has 0 radical (unpaired) electrons. The number of thiol groups is 1. The van der Waals surface area contributed by atoms with Gasteiger partial charge in [0.15, 0.2) is 0 Å². The van der Waals surface area contributed by atoms with Crippen molar-refractivity contribution in [1.82, 2.24) is 4.90 Å². The fraction of sp³-hybridized carbons (Fsp3) is 0.179. The van der Waals surface area contributed by atoms with Crippen LogP contribution in [0, 0.1) is 32.8 Å². The molecule has 0 saturated heterocycles. The molecule has 0 spiro atoms. The fourth-order valence-electron chi connectivity index (χ4n) is 4.53. The summed E-state index contributed by atoms with van der Waals surface area (Å²) in [4.78, 5) is 26.7. The van der Waals surface area contributed by atoms with Crippen molar-refractivity contribution < 1.29 is 32.4 Å². The Bertz CT molecular complexity index is 1660. The number of nitriles is 2. The van der Waals surface area contributed by atoms with Crippen LogP contribution < -0.4 is 9.64 Å². The van der Waals surface area contributed by atoms with E-state index in [1.807, 2.05) is 6.07 Å². The number of carbonyl (C=O) groups excluding carboxylic acids is 1. The maximum Gasteiger partial charge on any atom is 0.419 e. The molecule has 3 aromatic carbocycles. The number of methoxy groups -OCH3 is 1. The molecule has 3 aromatic rings. The highest BCUT2D eigenvalue weighted by Gasteiger charge is 2.46. The second kappa shape index (κ2) is 11.8. The molecule has 0 aromatic heterocycles. The van der Waals surface area contributed by atoms with Crippen LogP contribution in [0.3, 0.4) is 0 Å². The highest BCUT2D eigenvalue weighted by atomic mass is 32.1. The summed E-state index contributed by atoms with van der Waals surface area (Å²) < 4.78 is 52.0. The Labute approximate surface area is 242 Å². The molecule has 1 heterocycles. The number of allylic oxidation sites excluding steroid dienone is 1. The molecule has 0 aliphatic carbocycles. The Morgan fingerprint density at radius 1 is 1.07 bits per heavy atom. The van der Waals surface area contributed by atoms with E-state index in [0.717, 1.165) is 29.2 Å². The third-order valence-corrected chi connectivity index (χ3v) is 6.85. The minimum atomic E-state index is -4.68. The number of rotatable bonds is 5. The van der Waals surface area contributed by atoms with Crippen LogP contribution in [0.1, 0.15) is 29.7 Å². The van der Waals surface area contributed by atoms with E-state index in [-0.39, 0.29) is 38.9 Å². The van der Waals surface area contributed by atoms with Crippen molar-refractivity contribution in [2.45, 2.75) is 30.4 Å². The number of ether oxygens (including phenoxy) is 2. The lowest BCUT2D eigenvalue weighted by Crippen LogP contribution is -2.57. The molecule has 14 heteroatoms. The van der Waals surface area contributed by atoms with Crippen molar-refractivity contribution in [3.05, 3.63) is 105 Å². The Balaban J connectivity index is 1.92. The number of nitro groups is 1. The smallest absolute Gasteiger partial charge is 0.410 e. The van der Waals surface area contributed by atoms with Gasteiger partial charge in [0.25, 0.3) is 5.69 Å². The molecule has 10 nitrogen and oxygen atoms in total. The van der Waals surface area contributed by atoms with Gasteiger partial charge >= 0.3 is 12.3 Å². The summed E-state index contributed by atoms with van der Waals surface area (Å²) in [6.07, 6.45) is -7.20. The number of hydrogen-bond acceptors (Lipinski definition) is 9. The number of halogens is 3. The summed E-state index contributed by atoms with van der Waals surface area (Å²) in [6, 6.07) is 16.1. The average molecular weight is 596 g/mol. The van der Waals surface area contributed by atoms with Crippen LogP contribution in [0.4, 0.5) is 29.3 Å². The molecule has 0 saturated carbocycles. The van der Waals surface area contributed by atoms with Crippen molar-refractivity contribution in [3.63, 3.8) is 0 Å². The normalized spacial score (nSPS) is 17.0. The molecule has 4 rings (SSSR count). The van der Waals surface area contributed by atoms with Gasteiger partial charge in [0.1, 0.15) is 11.8 Å². The largest absolute Gasteiger partial charge is 0.419 e. The number of nitro benzene ring substituents is 1. The molecule has 42 heavy (non-hydrogen) atoms. The van der Waals surface area contributed by atoms with Crippen LogP contribution in [0.5, 0.6) is 5.75 Å². The van der Waals surface area contributed by atoms with Crippen LogP contribution in [0.15, 0.2) is 82.9 Å². The van der Waals surface area contributed by atoms with Crippen molar-refractivity contribution in [2.24, 2.45) is 0 Å². The lowest BCUT2D eigenvalue weighted by molar-refractivity contribution is -0.384. The minimum absolute atomic E-state index is 0.0283. The number of anilines is 1. The quantitative estimate of drug-likeness (QED) is 0.199. The molecule has 2 unspecified atom stereocenters. The predicted molar refractivity (Wildman–Crippen MR) is 145 cm³/mol. The standard InChI is InChI=1S/C28H20F3N5O5S/c1-16-23(15-33)25(22-11-6-17(14-32)12-24(22)42)35(27(37)41-21-9-7-19(8-10-21)36(38)39)26(40-2)34(16)20-5-3-4-18(13-20)28(29,30)31/h3-13,25-26,42H,1-2H3. The van der Waals surface area contributed by atoms with Crippen LogP contribution >= 0.6 is 12.6 Å². The monoisotopic (exact) mass is 595 g/mol. The van der Waals surface area contributed by atoms with Gasteiger partial charge in [-0.3, -0.25) is 15.0 Å². The molecule has 0 fully saturated rings. The molecule has 1 aliphatic rings. The minimum Gasteiger partial charge on any atom is -0.410 e. The first kappa shape index (κ1) is 29.9. The Kier molecular flexibility index (Phi) is 8.42. The summed E-state index contributed by atoms with van der Waals surface area (Å²) in [5, 5.41) is 30.6. The summed E-state index contributed by atoms with van der Waals surface area (Å²) in [7, 11) is 1.22. The molecule has 0 N–H and O–H groups in total. The second-order valence-corrected chi connectivity index (χ2v) is 9.39. The molecule has 0 bridgehead atoms. The van der Waals surface area contributed by atoms with E-state index in [9.17, 15) is 38.6 Å². The number of carbonyl (C=O) groups is 1. The SMILES string of the molecule is COC1N(c2cccc(C(F)(F)F)c2)C(C)=C(C#N)C(c2ccc(C#N)cc2S)N1C(=O)Oc1ccc([N+](=O)[O-])cc1. The summed E-state index contributed by atoms with van der Waals surface area (Å²) in [6.45, 7) is 1.50. The zero-order chi connectivity index (χ0) is 30.8. The Hall–Kier alpha value is -5.05. The molecular formula is C28H20F3N5O5S. The molecule has 214 valence electrons. The number of alkyl halides is 3. The van der Waals surface area contributed by atoms with E-state index in [2.05, 4.69) is 18.7 Å². The fourth-order valence-corrected chi connectivity index (χ4v) is 4.87. The number of nitrogens with zero attached hydrogens (tertiary/aromatic N) is 5. The number of amides is 1. The molecule has 1 aliphatic heterocycles. The summed E-state index contributed by atoms with van der Waals surface area (Å²) >= 11 is 4.47. The van der Waals surface area contributed by atoms with E-state index in [1.165, 1.54) is 61.4 Å². The highest BCUT2D eigenvalue weighted by Crippen LogP contribution is 2.44. The average Bonchev–Trinajstić information content (AvgIpc) is 2.96. The van der Waals surface area contributed by atoms with E-state index >= 15 is 0 Å². The number of non-ortho nitro benzene ring substituents is 1. The summed E-state index contributed by atoms with van der Waals surface area (Å²) in [5.41, 5.74) is -0.537. The lowest BCUT2D eigenvalue weighted by Gasteiger charge is -2.47. The van der Waals surface area contributed by atoms with E-state index < -0.39 is 35.1 Å². The first-order valence-corrected chi connectivity index (χ1v) is 12.4. The van der Waals surface area contributed by atoms with Gasteiger partial charge in [-0.25, -0.2) is 4.79 Å². The van der Waals surface area contributed by atoms with Gasteiger partial charge in [-0.05, 0) is 55.0 Å². The Morgan fingerprint density at radius 3 is 2.31 bits per heavy atom. The van der Waals surface area contributed by atoms with Crippen molar-refractivity contribution in [3.8, 4) is 17.9 Å². The van der Waals surface area contributed by atoms with Gasteiger partial charge in [-0.2, -0.15) is 23.7 Å². The van der Waals surface area contributed by atoms with Crippen molar-refractivity contribution >= 4 is 30.1 Å². The van der Waals surface area contributed by atoms with Crippen LogP contribution in [-0.4, -0.2) is 29.4 Å². The second-order valence-electron chi connectivity index (χ2n) is 8.91. The van der Waals surface area contributed by atoms with Gasteiger partial charge in [0, 0.05) is 35.5 Å². The van der Waals surface area contributed by atoms with Crippen LogP contribution in [0.25, 0.3) is 0 Å². The van der Waals surface area contributed by atoms with E-state index in [4.69, 9.17) is 9.47 Å². The number of hydrogen-bond donors (Lipinski definition) is 1. The van der Waals surface area contributed by atoms with Crippen LogP contribution in [0.2, 0.25) is 0 Å². The molecule has 1 amide bonds. The highest BCUT2D eigenvalue weighted by molar-refractivity contribution is 7.80. The zero-order valence-electron chi connectivity index (χ0n) is 21.9. The van der Waals surface area contributed by atoms with Gasteiger partial charge in [-0.15, -0.1) is 12.6 Å².